The Morgan fingerprint density at radius 2 is 1.93 bits per heavy atom. The van der Waals surface area contributed by atoms with Gasteiger partial charge in [-0.25, -0.2) is 0 Å². The third-order valence-corrected chi connectivity index (χ3v) is 2.53. The van der Waals surface area contributed by atoms with Gasteiger partial charge in [-0.15, -0.1) is 0 Å². The van der Waals surface area contributed by atoms with Crippen molar-refractivity contribution in [1.82, 2.24) is 0 Å². The first-order valence-corrected chi connectivity index (χ1v) is 5.54. The smallest absolute Gasteiger partial charge is 0.122 e. The van der Waals surface area contributed by atoms with E-state index in [1.54, 1.807) is 0 Å². The average molecular weight is 208 g/mol. The van der Waals surface area contributed by atoms with Gasteiger partial charge in [0, 0.05) is 0 Å². The summed E-state index contributed by atoms with van der Waals surface area (Å²) in [5.41, 5.74) is 1.19. The SMILES string of the molecule is CCc1ccccc1OCC(O)C(C)C. The fourth-order valence-electron chi connectivity index (χ4n) is 1.30. The van der Waals surface area contributed by atoms with E-state index in [9.17, 15) is 5.11 Å². The van der Waals surface area contributed by atoms with Crippen LogP contribution < -0.4 is 4.74 Å². The third-order valence-electron chi connectivity index (χ3n) is 2.53. The highest BCUT2D eigenvalue weighted by Gasteiger charge is 2.10. The Morgan fingerprint density at radius 1 is 1.27 bits per heavy atom. The summed E-state index contributed by atoms with van der Waals surface area (Å²) in [5, 5.41) is 9.63. The predicted octanol–water partition coefficient (Wildman–Crippen LogP) is 2.64. The molecule has 15 heavy (non-hydrogen) atoms. The molecule has 1 aromatic rings. The number of aliphatic hydroxyl groups excluding tert-OH is 1. The van der Waals surface area contributed by atoms with Gasteiger partial charge in [-0.3, -0.25) is 0 Å². The first-order chi connectivity index (χ1) is 7.15. The Balaban J connectivity index is 2.57. The summed E-state index contributed by atoms with van der Waals surface area (Å²) in [5.74, 6) is 1.12. The van der Waals surface area contributed by atoms with Crippen molar-refractivity contribution in [1.29, 1.82) is 0 Å². The molecule has 0 heterocycles. The molecule has 2 nitrogen and oxygen atoms in total. The summed E-state index contributed by atoms with van der Waals surface area (Å²) in [6, 6.07) is 7.96. The molecule has 0 radical (unpaired) electrons. The molecule has 0 aliphatic carbocycles. The van der Waals surface area contributed by atoms with Crippen LogP contribution in [0.4, 0.5) is 0 Å². The maximum absolute atomic E-state index is 9.63. The second-order valence-electron chi connectivity index (χ2n) is 4.08. The van der Waals surface area contributed by atoms with Crippen LogP contribution in [0.1, 0.15) is 26.3 Å². The Hall–Kier alpha value is -1.02. The zero-order valence-electron chi connectivity index (χ0n) is 9.73. The van der Waals surface area contributed by atoms with Gasteiger partial charge >= 0.3 is 0 Å². The first kappa shape index (κ1) is 12.1. The van der Waals surface area contributed by atoms with E-state index in [2.05, 4.69) is 13.0 Å². The summed E-state index contributed by atoms with van der Waals surface area (Å²) >= 11 is 0. The molecule has 0 bridgehead atoms. The van der Waals surface area contributed by atoms with E-state index in [4.69, 9.17) is 4.74 Å². The number of hydrogen-bond acceptors (Lipinski definition) is 2. The van der Waals surface area contributed by atoms with Crippen molar-refractivity contribution in [3.8, 4) is 5.75 Å². The highest BCUT2D eigenvalue weighted by molar-refractivity contribution is 5.33. The van der Waals surface area contributed by atoms with E-state index in [0.29, 0.717) is 6.61 Å². The zero-order valence-corrected chi connectivity index (χ0v) is 9.73. The van der Waals surface area contributed by atoms with Crippen LogP contribution in [-0.4, -0.2) is 17.8 Å². The summed E-state index contributed by atoms with van der Waals surface area (Å²) in [4.78, 5) is 0. The van der Waals surface area contributed by atoms with Gasteiger partial charge in [-0.05, 0) is 24.0 Å². The molecule has 0 aromatic heterocycles. The molecule has 0 aliphatic heterocycles. The third kappa shape index (κ3) is 3.56. The minimum absolute atomic E-state index is 0.235. The molecule has 0 saturated heterocycles. The quantitative estimate of drug-likeness (QED) is 0.806. The normalized spacial score (nSPS) is 12.9. The van der Waals surface area contributed by atoms with Crippen LogP contribution in [0, 0.1) is 5.92 Å². The lowest BCUT2D eigenvalue weighted by Gasteiger charge is -2.16. The maximum Gasteiger partial charge on any atom is 0.122 e. The average Bonchev–Trinajstić information content (AvgIpc) is 2.26. The number of para-hydroxylation sites is 1. The standard InChI is InChI=1S/C13H20O2/c1-4-11-7-5-6-8-13(11)15-9-12(14)10(2)3/h5-8,10,12,14H,4,9H2,1-3H3. The summed E-state index contributed by atoms with van der Waals surface area (Å²) in [7, 11) is 0. The molecule has 1 rings (SSSR count). The molecule has 0 amide bonds. The van der Waals surface area contributed by atoms with Crippen LogP contribution in [-0.2, 0) is 6.42 Å². The van der Waals surface area contributed by atoms with Crippen molar-refractivity contribution < 1.29 is 9.84 Å². The molecule has 2 heteroatoms. The zero-order chi connectivity index (χ0) is 11.3. The molecule has 1 atom stereocenters. The van der Waals surface area contributed by atoms with Gasteiger partial charge in [0.15, 0.2) is 0 Å². The molecule has 0 spiro atoms. The minimum Gasteiger partial charge on any atom is -0.491 e. The van der Waals surface area contributed by atoms with Crippen molar-refractivity contribution in [3.63, 3.8) is 0 Å². The van der Waals surface area contributed by atoms with Gasteiger partial charge in [0.05, 0.1) is 6.10 Å². The van der Waals surface area contributed by atoms with E-state index in [0.717, 1.165) is 12.2 Å². The van der Waals surface area contributed by atoms with Crippen molar-refractivity contribution in [2.24, 2.45) is 5.92 Å². The number of aliphatic hydroxyl groups is 1. The molecule has 84 valence electrons. The van der Waals surface area contributed by atoms with Gasteiger partial charge in [0.1, 0.15) is 12.4 Å². The number of benzene rings is 1. The molecule has 0 aliphatic rings. The van der Waals surface area contributed by atoms with E-state index >= 15 is 0 Å². The van der Waals surface area contributed by atoms with Gasteiger partial charge in [-0.1, -0.05) is 39.0 Å². The minimum atomic E-state index is -0.394. The fraction of sp³-hybridized carbons (Fsp3) is 0.538. The van der Waals surface area contributed by atoms with Gasteiger partial charge in [0.2, 0.25) is 0 Å². The second-order valence-corrected chi connectivity index (χ2v) is 4.08. The Morgan fingerprint density at radius 3 is 2.53 bits per heavy atom. The van der Waals surface area contributed by atoms with Gasteiger partial charge in [0.25, 0.3) is 0 Å². The molecule has 1 aromatic carbocycles. The van der Waals surface area contributed by atoms with E-state index in [-0.39, 0.29) is 5.92 Å². The summed E-state index contributed by atoms with van der Waals surface area (Å²) in [6.07, 6.45) is 0.559. The topological polar surface area (TPSA) is 29.5 Å². The van der Waals surface area contributed by atoms with Gasteiger partial charge < -0.3 is 9.84 Å². The van der Waals surface area contributed by atoms with Crippen molar-refractivity contribution in [2.45, 2.75) is 33.3 Å². The molecular weight excluding hydrogens is 188 g/mol. The Labute approximate surface area is 91.9 Å². The second kappa shape index (κ2) is 5.76. The molecule has 1 N–H and O–H groups in total. The summed E-state index contributed by atoms with van der Waals surface area (Å²) in [6.45, 7) is 6.44. The lowest BCUT2D eigenvalue weighted by Crippen LogP contribution is -2.23. The Bertz CT molecular complexity index is 294. The van der Waals surface area contributed by atoms with E-state index < -0.39 is 6.10 Å². The van der Waals surface area contributed by atoms with Crippen LogP contribution in [0.3, 0.4) is 0 Å². The maximum atomic E-state index is 9.63. The van der Waals surface area contributed by atoms with E-state index in [1.807, 2.05) is 32.0 Å². The van der Waals surface area contributed by atoms with Crippen molar-refractivity contribution in [2.75, 3.05) is 6.61 Å². The number of ether oxygens (including phenoxy) is 1. The largest absolute Gasteiger partial charge is 0.491 e. The van der Waals surface area contributed by atoms with Crippen molar-refractivity contribution >= 4 is 0 Å². The van der Waals surface area contributed by atoms with E-state index in [1.165, 1.54) is 5.56 Å². The number of aryl methyl sites for hydroxylation is 1. The van der Waals surface area contributed by atoms with Crippen LogP contribution >= 0.6 is 0 Å². The molecule has 0 saturated carbocycles. The van der Waals surface area contributed by atoms with Crippen molar-refractivity contribution in [3.05, 3.63) is 29.8 Å². The van der Waals surface area contributed by atoms with Gasteiger partial charge in [-0.2, -0.15) is 0 Å². The highest BCUT2D eigenvalue weighted by atomic mass is 16.5. The van der Waals surface area contributed by atoms with Crippen LogP contribution in [0.5, 0.6) is 5.75 Å². The summed E-state index contributed by atoms with van der Waals surface area (Å²) < 4.78 is 5.60. The highest BCUT2D eigenvalue weighted by Crippen LogP contribution is 2.18. The van der Waals surface area contributed by atoms with Crippen LogP contribution in [0.15, 0.2) is 24.3 Å². The van der Waals surface area contributed by atoms with Crippen LogP contribution in [0.2, 0.25) is 0 Å². The van der Waals surface area contributed by atoms with Crippen LogP contribution in [0.25, 0.3) is 0 Å². The first-order valence-electron chi connectivity index (χ1n) is 5.54. The number of rotatable bonds is 5. The number of hydrogen-bond donors (Lipinski definition) is 1. The predicted molar refractivity (Wildman–Crippen MR) is 62.2 cm³/mol. The lowest BCUT2D eigenvalue weighted by atomic mass is 10.1. The Kier molecular flexibility index (Phi) is 4.63. The monoisotopic (exact) mass is 208 g/mol. The molecule has 1 unspecified atom stereocenters. The fourth-order valence-corrected chi connectivity index (χ4v) is 1.30. The molecular formula is C13H20O2. The lowest BCUT2D eigenvalue weighted by molar-refractivity contribution is 0.0697. The molecule has 0 fully saturated rings.